The van der Waals surface area contributed by atoms with Gasteiger partial charge < -0.3 is 10.8 Å². The molecule has 1 fully saturated rings. The lowest BCUT2D eigenvalue weighted by Crippen LogP contribution is -2.22. The molecule has 104 valence electrons. The molecular weight excluding hydrogens is 247 g/mol. The first-order chi connectivity index (χ1) is 9.11. The van der Waals surface area contributed by atoms with Crippen LogP contribution in [0.1, 0.15) is 29.9 Å². The van der Waals surface area contributed by atoms with E-state index >= 15 is 0 Å². The van der Waals surface area contributed by atoms with Gasteiger partial charge in [0, 0.05) is 18.7 Å². The minimum atomic E-state index is -1.02. The lowest BCUT2D eigenvalue weighted by atomic mass is 9.98. The van der Waals surface area contributed by atoms with Crippen molar-refractivity contribution in [1.82, 2.24) is 4.90 Å². The number of benzene rings is 1. The summed E-state index contributed by atoms with van der Waals surface area (Å²) < 4.78 is 14.0. The number of hydrogen-bond donors (Lipinski definition) is 2. The first-order valence-corrected chi connectivity index (χ1v) is 6.55. The van der Waals surface area contributed by atoms with Gasteiger partial charge in [0.05, 0.1) is 5.92 Å². The molecule has 0 aromatic heterocycles. The summed E-state index contributed by atoms with van der Waals surface area (Å²) in [5.74, 6) is -2.20. The molecule has 1 aliphatic heterocycles. The van der Waals surface area contributed by atoms with Gasteiger partial charge in [-0.25, -0.2) is 4.39 Å². The molecule has 1 aromatic carbocycles. The van der Waals surface area contributed by atoms with Gasteiger partial charge in [-0.1, -0.05) is 12.1 Å². The van der Waals surface area contributed by atoms with Crippen molar-refractivity contribution in [3.05, 3.63) is 35.1 Å². The largest absolute Gasteiger partial charge is 0.481 e. The summed E-state index contributed by atoms with van der Waals surface area (Å²) in [5, 5.41) is 9.01. The zero-order chi connectivity index (χ0) is 13.8. The quantitative estimate of drug-likeness (QED) is 0.848. The molecule has 1 unspecified atom stereocenters. The number of carboxylic acids is 1. The monoisotopic (exact) mass is 266 g/mol. The number of nitrogens with zero attached hydrogens (tertiary/aromatic N) is 1. The van der Waals surface area contributed by atoms with Crippen molar-refractivity contribution in [2.75, 3.05) is 19.6 Å². The zero-order valence-corrected chi connectivity index (χ0v) is 10.8. The van der Waals surface area contributed by atoms with Gasteiger partial charge in [-0.3, -0.25) is 9.69 Å². The summed E-state index contributed by atoms with van der Waals surface area (Å²) in [6, 6.07) is 4.64. The van der Waals surface area contributed by atoms with E-state index in [1.54, 1.807) is 12.1 Å². The van der Waals surface area contributed by atoms with E-state index in [-0.39, 0.29) is 12.4 Å². The summed E-state index contributed by atoms with van der Waals surface area (Å²) in [6.07, 6.45) is 2.32. The predicted molar refractivity (Wildman–Crippen MR) is 70.3 cm³/mol. The Hall–Kier alpha value is -1.46. The van der Waals surface area contributed by atoms with E-state index in [0.717, 1.165) is 25.9 Å². The second-order valence-electron chi connectivity index (χ2n) is 4.96. The molecule has 0 aliphatic carbocycles. The fraction of sp³-hybridized carbons (Fsp3) is 0.500. The van der Waals surface area contributed by atoms with Crippen LogP contribution < -0.4 is 5.73 Å². The van der Waals surface area contributed by atoms with Crippen LogP contribution in [0.2, 0.25) is 0 Å². The maximum absolute atomic E-state index is 14.0. The van der Waals surface area contributed by atoms with Crippen LogP contribution in [0.5, 0.6) is 0 Å². The highest BCUT2D eigenvalue weighted by molar-refractivity contribution is 5.76. The van der Waals surface area contributed by atoms with Crippen molar-refractivity contribution < 1.29 is 14.3 Å². The molecule has 0 spiro atoms. The third kappa shape index (κ3) is 3.30. The summed E-state index contributed by atoms with van der Waals surface area (Å²) in [4.78, 5) is 13.2. The fourth-order valence-electron chi connectivity index (χ4n) is 2.47. The average Bonchev–Trinajstić information content (AvgIpc) is 2.86. The van der Waals surface area contributed by atoms with Gasteiger partial charge in [0.2, 0.25) is 0 Å². The molecule has 1 atom stereocenters. The van der Waals surface area contributed by atoms with Crippen LogP contribution in [0.4, 0.5) is 4.39 Å². The fourth-order valence-corrected chi connectivity index (χ4v) is 2.47. The van der Waals surface area contributed by atoms with Crippen LogP contribution in [0.3, 0.4) is 0 Å². The van der Waals surface area contributed by atoms with Gasteiger partial charge in [-0.2, -0.15) is 0 Å². The standard InChI is InChI=1S/C14H19FN2O2/c15-13-7-10(12(8-16)14(18)19)3-4-11(13)9-17-5-1-2-6-17/h3-4,7,12H,1-2,5-6,8-9,16H2,(H,18,19). The molecule has 0 saturated carbocycles. The SMILES string of the molecule is NCC(C(=O)O)c1ccc(CN2CCCC2)c(F)c1. The normalized spacial score (nSPS) is 17.6. The molecule has 1 saturated heterocycles. The van der Waals surface area contributed by atoms with E-state index in [2.05, 4.69) is 4.90 Å². The van der Waals surface area contributed by atoms with Crippen LogP contribution >= 0.6 is 0 Å². The van der Waals surface area contributed by atoms with E-state index in [4.69, 9.17) is 10.8 Å². The van der Waals surface area contributed by atoms with Gasteiger partial charge in [0.25, 0.3) is 0 Å². The highest BCUT2D eigenvalue weighted by Gasteiger charge is 2.20. The van der Waals surface area contributed by atoms with Crippen molar-refractivity contribution in [3.8, 4) is 0 Å². The summed E-state index contributed by atoms with van der Waals surface area (Å²) >= 11 is 0. The Morgan fingerprint density at radius 2 is 2.11 bits per heavy atom. The summed E-state index contributed by atoms with van der Waals surface area (Å²) in [6.45, 7) is 2.57. The van der Waals surface area contributed by atoms with Crippen molar-refractivity contribution in [1.29, 1.82) is 0 Å². The molecule has 1 heterocycles. The average molecular weight is 266 g/mol. The Labute approximate surface area is 112 Å². The smallest absolute Gasteiger partial charge is 0.312 e. The lowest BCUT2D eigenvalue weighted by molar-refractivity contribution is -0.138. The van der Waals surface area contributed by atoms with Crippen LogP contribution in [0.15, 0.2) is 18.2 Å². The first kappa shape index (κ1) is 14.0. The first-order valence-electron chi connectivity index (χ1n) is 6.55. The highest BCUT2D eigenvalue weighted by Crippen LogP contribution is 2.21. The molecule has 1 aromatic rings. The van der Waals surface area contributed by atoms with Gasteiger partial charge in [-0.05, 0) is 37.6 Å². The van der Waals surface area contributed by atoms with Crippen LogP contribution in [-0.4, -0.2) is 35.6 Å². The second-order valence-corrected chi connectivity index (χ2v) is 4.96. The van der Waals surface area contributed by atoms with Crippen LogP contribution in [0, 0.1) is 5.82 Å². The Morgan fingerprint density at radius 1 is 1.42 bits per heavy atom. The number of hydrogen-bond acceptors (Lipinski definition) is 3. The van der Waals surface area contributed by atoms with Gasteiger partial charge in [0.15, 0.2) is 0 Å². The molecule has 4 nitrogen and oxygen atoms in total. The number of carboxylic acid groups (broad SMARTS) is 1. The number of nitrogens with two attached hydrogens (primary N) is 1. The molecule has 5 heteroatoms. The van der Waals surface area contributed by atoms with Crippen LogP contribution in [0.25, 0.3) is 0 Å². The lowest BCUT2D eigenvalue weighted by Gasteiger charge is -2.16. The highest BCUT2D eigenvalue weighted by atomic mass is 19.1. The second kappa shape index (κ2) is 6.12. The third-order valence-corrected chi connectivity index (χ3v) is 3.61. The predicted octanol–water partition coefficient (Wildman–Crippen LogP) is 1.55. The Balaban J connectivity index is 2.13. The van der Waals surface area contributed by atoms with Crippen molar-refractivity contribution >= 4 is 5.97 Å². The van der Waals surface area contributed by atoms with Gasteiger partial charge in [-0.15, -0.1) is 0 Å². The number of likely N-dealkylation sites (tertiary alicyclic amines) is 1. The Morgan fingerprint density at radius 3 is 2.63 bits per heavy atom. The number of aliphatic carboxylic acids is 1. The topological polar surface area (TPSA) is 66.6 Å². The van der Waals surface area contributed by atoms with E-state index in [1.807, 2.05) is 0 Å². The minimum Gasteiger partial charge on any atom is -0.481 e. The van der Waals surface area contributed by atoms with Gasteiger partial charge in [0.1, 0.15) is 5.82 Å². The zero-order valence-electron chi connectivity index (χ0n) is 10.8. The van der Waals surface area contributed by atoms with E-state index < -0.39 is 11.9 Å². The molecule has 0 amide bonds. The number of rotatable bonds is 5. The van der Waals surface area contributed by atoms with Gasteiger partial charge >= 0.3 is 5.97 Å². The minimum absolute atomic E-state index is 0.0275. The van der Waals surface area contributed by atoms with Crippen molar-refractivity contribution in [2.45, 2.75) is 25.3 Å². The molecule has 19 heavy (non-hydrogen) atoms. The molecule has 2 rings (SSSR count). The Bertz CT molecular complexity index is 459. The van der Waals surface area contributed by atoms with Crippen LogP contribution in [-0.2, 0) is 11.3 Å². The Kier molecular flexibility index (Phi) is 4.50. The number of carbonyl (C=O) groups is 1. The van der Waals surface area contributed by atoms with E-state index in [1.165, 1.54) is 6.07 Å². The van der Waals surface area contributed by atoms with E-state index in [9.17, 15) is 9.18 Å². The molecular formula is C14H19FN2O2. The van der Waals surface area contributed by atoms with E-state index in [0.29, 0.717) is 17.7 Å². The summed E-state index contributed by atoms with van der Waals surface area (Å²) in [5.41, 5.74) is 6.46. The maximum atomic E-state index is 14.0. The molecule has 0 bridgehead atoms. The molecule has 3 N–H and O–H groups in total. The van der Waals surface area contributed by atoms with Crippen molar-refractivity contribution in [2.24, 2.45) is 5.73 Å². The maximum Gasteiger partial charge on any atom is 0.312 e. The third-order valence-electron chi connectivity index (χ3n) is 3.61. The molecule has 0 radical (unpaired) electrons. The molecule has 1 aliphatic rings. The summed E-state index contributed by atoms with van der Waals surface area (Å²) in [7, 11) is 0. The van der Waals surface area contributed by atoms with Crippen molar-refractivity contribution in [3.63, 3.8) is 0 Å². The number of halogens is 1.